The molecule has 3 nitrogen and oxygen atoms in total. The van der Waals surface area contributed by atoms with E-state index < -0.39 is 0 Å². The van der Waals surface area contributed by atoms with Crippen LogP contribution in [0.15, 0.2) is 39.3 Å². The van der Waals surface area contributed by atoms with Gasteiger partial charge in [0.2, 0.25) is 0 Å². The number of halogens is 3. The lowest BCUT2D eigenvalue weighted by Gasteiger charge is -2.12. The van der Waals surface area contributed by atoms with Crippen LogP contribution in [0.5, 0.6) is 0 Å². The van der Waals surface area contributed by atoms with Crippen molar-refractivity contribution in [2.45, 2.75) is 6.92 Å². The maximum atomic E-state index is 12.2. The summed E-state index contributed by atoms with van der Waals surface area (Å²) in [4.78, 5) is 12.2. The maximum Gasteiger partial charge on any atom is 0.255 e. The molecule has 0 bridgehead atoms. The average Bonchev–Trinajstić information content (AvgIpc) is 2.36. The molecule has 6 heteroatoms. The SMILES string of the molecule is Cc1cc(Br)cc(N)c1NC(=O)c1ccc(Br)c(Cl)c1. The number of benzene rings is 2. The van der Waals surface area contributed by atoms with Crippen molar-refractivity contribution in [3.8, 4) is 0 Å². The molecule has 0 aliphatic heterocycles. The Bertz CT molecular complexity index is 666. The first-order valence-electron chi connectivity index (χ1n) is 5.70. The Labute approximate surface area is 138 Å². The molecule has 0 aliphatic carbocycles. The summed E-state index contributed by atoms with van der Waals surface area (Å²) >= 11 is 12.6. The number of hydrogen-bond acceptors (Lipinski definition) is 2. The third-order valence-corrected chi connectivity index (χ3v) is 4.44. The van der Waals surface area contributed by atoms with Crippen LogP contribution in [0, 0.1) is 6.92 Å². The van der Waals surface area contributed by atoms with Crippen molar-refractivity contribution < 1.29 is 4.79 Å². The summed E-state index contributed by atoms with van der Waals surface area (Å²) in [7, 11) is 0. The predicted molar refractivity (Wildman–Crippen MR) is 90.4 cm³/mol. The van der Waals surface area contributed by atoms with Crippen molar-refractivity contribution in [1.29, 1.82) is 0 Å². The molecule has 2 aromatic carbocycles. The first-order valence-corrected chi connectivity index (χ1v) is 7.67. The zero-order valence-electron chi connectivity index (χ0n) is 10.5. The third kappa shape index (κ3) is 3.34. The number of carbonyl (C=O) groups is 1. The quantitative estimate of drug-likeness (QED) is 0.674. The molecular formula is C14H11Br2ClN2O. The smallest absolute Gasteiger partial charge is 0.255 e. The molecule has 0 fully saturated rings. The number of hydrogen-bond donors (Lipinski definition) is 2. The molecule has 104 valence electrons. The van der Waals surface area contributed by atoms with Crippen molar-refractivity contribution in [3.05, 3.63) is 55.4 Å². The summed E-state index contributed by atoms with van der Waals surface area (Å²) in [6, 6.07) is 8.66. The zero-order chi connectivity index (χ0) is 14.9. The Morgan fingerprint density at radius 1 is 1.25 bits per heavy atom. The van der Waals surface area contributed by atoms with E-state index in [0.717, 1.165) is 14.5 Å². The lowest BCUT2D eigenvalue weighted by atomic mass is 10.1. The Morgan fingerprint density at radius 3 is 2.55 bits per heavy atom. The van der Waals surface area contributed by atoms with Crippen LogP contribution in [-0.4, -0.2) is 5.91 Å². The fraction of sp³-hybridized carbons (Fsp3) is 0.0714. The van der Waals surface area contributed by atoms with Gasteiger partial charge in [0, 0.05) is 14.5 Å². The van der Waals surface area contributed by atoms with E-state index >= 15 is 0 Å². The molecule has 1 amide bonds. The molecule has 0 saturated heterocycles. The van der Waals surface area contributed by atoms with E-state index in [1.165, 1.54) is 0 Å². The molecule has 0 atom stereocenters. The van der Waals surface area contributed by atoms with Crippen LogP contribution in [0.1, 0.15) is 15.9 Å². The topological polar surface area (TPSA) is 55.1 Å². The van der Waals surface area contributed by atoms with Gasteiger partial charge in [0.15, 0.2) is 0 Å². The number of rotatable bonds is 2. The van der Waals surface area contributed by atoms with Crippen LogP contribution in [0.4, 0.5) is 11.4 Å². The van der Waals surface area contributed by atoms with Crippen molar-refractivity contribution in [1.82, 2.24) is 0 Å². The van der Waals surface area contributed by atoms with Crippen molar-refractivity contribution >= 4 is 60.7 Å². The van der Waals surface area contributed by atoms with Crippen LogP contribution in [-0.2, 0) is 0 Å². The van der Waals surface area contributed by atoms with Crippen molar-refractivity contribution in [3.63, 3.8) is 0 Å². The van der Waals surface area contributed by atoms with E-state index in [4.69, 9.17) is 17.3 Å². The lowest BCUT2D eigenvalue weighted by Crippen LogP contribution is -2.14. The third-order valence-electron chi connectivity index (χ3n) is 2.75. The average molecular weight is 419 g/mol. The monoisotopic (exact) mass is 416 g/mol. The van der Waals surface area contributed by atoms with Crippen LogP contribution < -0.4 is 11.1 Å². The number of nitrogens with one attached hydrogen (secondary N) is 1. The van der Waals surface area contributed by atoms with Gasteiger partial charge in [0.1, 0.15) is 0 Å². The second-order valence-electron chi connectivity index (χ2n) is 4.27. The second kappa shape index (κ2) is 6.16. The molecule has 0 spiro atoms. The number of anilines is 2. The summed E-state index contributed by atoms with van der Waals surface area (Å²) in [5.41, 5.74) is 8.40. The normalized spacial score (nSPS) is 10.4. The summed E-state index contributed by atoms with van der Waals surface area (Å²) < 4.78 is 1.62. The molecule has 2 aromatic rings. The molecular weight excluding hydrogens is 407 g/mol. The number of amides is 1. The molecule has 0 aromatic heterocycles. The van der Waals surface area contributed by atoms with E-state index in [9.17, 15) is 4.79 Å². The Hall–Kier alpha value is -1.04. The van der Waals surface area contributed by atoms with Gasteiger partial charge < -0.3 is 11.1 Å². The molecule has 0 heterocycles. The number of nitrogens with two attached hydrogens (primary N) is 1. The molecule has 2 rings (SSSR count). The molecule has 3 N–H and O–H groups in total. The number of aryl methyl sites for hydroxylation is 1. The number of carbonyl (C=O) groups excluding carboxylic acids is 1. The van der Waals surface area contributed by atoms with E-state index in [1.807, 2.05) is 13.0 Å². The van der Waals surface area contributed by atoms with Crippen LogP contribution in [0.2, 0.25) is 5.02 Å². The molecule has 0 radical (unpaired) electrons. The van der Waals surface area contributed by atoms with E-state index in [1.54, 1.807) is 24.3 Å². The largest absolute Gasteiger partial charge is 0.397 e. The van der Waals surface area contributed by atoms with E-state index in [0.29, 0.717) is 22.0 Å². The van der Waals surface area contributed by atoms with E-state index in [2.05, 4.69) is 37.2 Å². The first kappa shape index (κ1) is 15.4. The van der Waals surface area contributed by atoms with Crippen molar-refractivity contribution in [2.24, 2.45) is 0 Å². The molecule has 0 saturated carbocycles. The highest BCUT2D eigenvalue weighted by Crippen LogP contribution is 2.29. The maximum absolute atomic E-state index is 12.2. The molecule has 0 unspecified atom stereocenters. The van der Waals surface area contributed by atoms with Gasteiger partial charge in [-0.15, -0.1) is 0 Å². The standard InChI is InChI=1S/C14H11Br2ClN2O/c1-7-4-9(15)6-12(18)13(7)19-14(20)8-2-3-10(16)11(17)5-8/h2-6H,18H2,1H3,(H,19,20). The van der Waals surface area contributed by atoms with Crippen LogP contribution in [0.25, 0.3) is 0 Å². The minimum Gasteiger partial charge on any atom is -0.397 e. The van der Waals surface area contributed by atoms with Gasteiger partial charge >= 0.3 is 0 Å². The minimum absolute atomic E-state index is 0.253. The predicted octanol–water partition coefficient (Wildman–Crippen LogP) is 5.01. The van der Waals surface area contributed by atoms with Gasteiger partial charge in [-0.3, -0.25) is 4.79 Å². The van der Waals surface area contributed by atoms with E-state index in [-0.39, 0.29) is 5.91 Å². The number of nitrogen functional groups attached to an aromatic ring is 1. The Morgan fingerprint density at radius 2 is 1.95 bits per heavy atom. The summed E-state index contributed by atoms with van der Waals surface area (Å²) in [6.45, 7) is 1.88. The summed E-state index contributed by atoms with van der Waals surface area (Å²) in [5.74, 6) is -0.253. The fourth-order valence-electron chi connectivity index (χ4n) is 1.76. The Kier molecular flexibility index (Phi) is 4.73. The second-order valence-corrected chi connectivity index (χ2v) is 6.45. The highest BCUT2D eigenvalue weighted by atomic mass is 79.9. The van der Waals surface area contributed by atoms with Crippen LogP contribution >= 0.6 is 43.5 Å². The lowest BCUT2D eigenvalue weighted by molar-refractivity contribution is 0.102. The summed E-state index contributed by atoms with van der Waals surface area (Å²) in [6.07, 6.45) is 0. The van der Waals surface area contributed by atoms with Gasteiger partial charge in [0.05, 0.1) is 16.4 Å². The first-order chi connectivity index (χ1) is 9.38. The van der Waals surface area contributed by atoms with Gasteiger partial charge in [-0.1, -0.05) is 27.5 Å². The molecule has 20 heavy (non-hydrogen) atoms. The minimum atomic E-state index is -0.253. The Balaban J connectivity index is 2.30. The van der Waals surface area contributed by atoms with Gasteiger partial charge in [-0.05, 0) is 58.7 Å². The highest BCUT2D eigenvalue weighted by Gasteiger charge is 2.12. The summed E-state index contributed by atoms with van der Waals surface area (Å²) in [5, 5.41) is 3.29. The van der Waals surface area contributed by atoms with Gasteiger partial charge in [-0.25, -0.2) is 0 Å². The van der Waals surface area contributed by atoms with Crippen LogP contribution in [0.3, 0.4) is 0 Å². The van der Waals surface area contributed by atoms with Crippen molar-refractivity contribution in [2.75, 3.05) is 11.1 Å². The van der Waals surface area contributed by atoms with Gasteiger partial charge in [-0.2, -0.15) is 0 Å². The van der Waals surface area contributed by atoms with Gasteiger partial charge in [0.25, 0.3) is 5.91 Å². The highest BCUT2D eigenvalue weighted by molar-refractivity contribution is 9.10. The fourth-order valence-corrected chi connectivity index (χ4v) is 2.78. The zero-order valence-corrected chi connectivity index (χ0v) is 14.4. The molecule has 0 aliphatic rings.